The minimum atomic E-state index is -0.359. The molecule has 0 bridgehead atoms. The summed E-state index contributed by atoms with van der Waals surface area (Å²) in [5.41, 5.74) is 3.52. The number of hydrogen-bond donors (Lipinski definition) is 1. The Labute approximate surface area is 190 Å². The van der Waals surface area contributed by atoms with Crippen LogP contribution in [0.2, 0.25) is 0 Å². The predicted octanol–water partition coefficient (Wildman–Crippen LogP) is 4.69. The van der Waals surface area contributed by atoms with E-state index in [1.165, 1.54) is 24.0 Å². The molecule has 2 aromatic carbocycles. The summed E-state index contributed by atoms with van der Waals surface area (Å²) in [6, 6.07) is 14.6. The van der Waals surface area contributed by atoms with Crippen LogP contribution in [0.4, 0.5) is 4.79 Å². The zero-order chi connectivity index (χ0) is 22.3. The first kappa shape index (κ1) is 22.5. The summed E-state index contributed by atoms with van der Waals surface area (Å²) in [7, 11) is 0. The van der Waals surface area contributed by atoms with Crippen molar-refractivity contribution in [3.8, 4) is 11.5 Å². The van der Waals surface area contributed by atoms with E-state index >= 15 is 0 Å². The fourth-order valence-electron chi connectivity index (χ4n) is 4.38. The van der Waals surface area contributed by atoms with Gasteiger partial charge in [0.25, 0.3) is 0 Å². The van der Waals surface area contributed by atoms with E-state index < -0.39 is 0 Å². The largest absolute Gasteiger partial charge is 0.493 e. The molecule has 2 aliphatic rings. The molecule has 1 fully saturated rings. The highest BCUT2D eigenvalue weighted by Gasteiger charge is 2.24. The van der Waals surface area contributed by atoms with E-state index in [1.54, 1.807) is 0 Å². The number of hydrogen-bond acceptors (Lipinski definition) is 5. The SMILES string of the molecule is CC(C)Oc1ccc(CN2CCCCC2COC(=O)NCc2ccc3c(c2)CCO3)cc1. The molecular formula is C26H34N2O4. The molecule has 1 atom stereocenters. The number of piperidine rings is 1. The number of ether oxygens (including phenoxy) is 3. The Kier molecular flexibility index (Phi) is 7.53. The quantitative estimate of drug-likeness (QED) is 0.648. The number of nitrogens with one attached hydrogen (secondary N) is 1. The molecule has 2 heterocycles. The van der Waals surface area contributed by atoms with Gasteiger partial charge in [-0.2, -0.15) is 0 Å². The smallest absolute Gasteiger partial charge is 0.407 e. The summed E-state index contributed by atoms with van der Waals surface area (Å²) in [5, 5.41) is 2.88. The number of carbonyl (C=O) groups is 1. The monoisotopic (exact) mass is 438 g/mol. The first-order valence-electron chi connectivity index (χ1n) is 11.7. The van der Waals surface area contributed by atoms with Crippen LogP contribution in [0.15, 0.2) is 42.5 Å². The van der Waals surface area contributed by atoms with Crippen LogP contribution in [0.1, 0.15) is 49.8 Å². The molecule has 0 saturated carbocycles. The average molecular weight is 439 g/mol. The van der Waals surface area contributed by atoms with Gasteiger partial charge in [-0.05, 0) is 68.1 Å². The molecule has 172 valence electrons. The van der Waals surface area contributed by atoms with Gasteiger partial charge in [-0.1, -0.05) is 30.7 Å². The molecule has 0 radical (unpaired) electrons. The fourth-order valence-corrected chi connectivity index (χ4v) is 4.38. The Morgan fingerprint density at radius 1 is 1.16 bits per heavy atom. The maximum Gasteiger partial charge on any atom is 0.407 e. The third-order valence-electron chi connectivity index (χ3n) is 6.03. The van der Waals surface area contributed by atoms with Gasteiger partial charge in [0.05, 0.1) is 12.7 Å². The van der Waals surface area contributed by atoms with Crippen LogP contribution in [0, 0.1) is 0 Å². The second kappa shape index (κ2) is 10.7. The number of rotatable bonds is 8. The molecule has 32 heavy (non-hydrogen) atoms. The van der Waals surface area contributed by atoms with Gasteiger partial charge in [0.2, 0.25) is 0 Å². The van der Waals surface area contributed by atoms with Crippen molar-refractivity contribution in [3.63, 3.8) is 0 Å². The van der Waals surface area contributed by atoms with Crippen LogP contribution in [0.3, 0.4) is 0 Å². The van der Waals surface area contributed by atoms with E-state index in [0.717, 1.165) is 49.6 Å². The lowest BCUT2D eigenvalue weighted by Gasteiger charge is -2.35. The molecule has 2 aromatic rings. The number of likely N-dealkylation sites (tertiary alicyclic amines) is 1. The minimum Gasteiger partial charge on any atom is -0.493 e. The molecule has 6 heteroatoms. The Balaban J connectivity index is 1.24. The molecule has 1 N–H and O–H groups in total. The zero-order valence-electron chi connectivity index (χ0n) is 19.1. The predicted molar refractivity (Wildman–Crippen MR) is 124 cm³/mol. The maximum atomic E-state index is 12.3. The first-order chi connectivity index (χ1) is 15.6. The number of carbonyl (C=O) groups excluding carboxylic acids is 1. The van der Waals surface area contributed by atoms with Gasteiger partial charge in [0.1, 0.15) is 18.1 Å². The van der Waals surface area contributed by atoms with E-state index in [2.05, 4.69) is 28.4 Å². The van der Waals surface area contributed by atoms with Gasteiger partial charge in [-0.3, -0.25) is 4.90 Å². The van der Waals surface area contributed by atoms with Crippen LogP contribution >= 0.6 is 0 Å². The highest BCUT2D eigenvalue weighted by molar-refractivity contribution is 5.67. The average Bonchev–Trinajstić information content (AvgIpc) is 3.26. The third-order valence-corrected chi connectivity index (χ3v) is 6.03. The van der Waals surface area contributed by atoms with Crippen molar-refractivity contribution < 1.29 is 19.0 Å². The fraction of sp³-hybridized carbons (Fsp3) is 0.500. The molecule has 1 amide bonds. The topological polar surface area (TPSA) is 60.0 Å². The van der Waals surface area contributed by atoms with E-state index in [-0.39, 0.29) is 18.2 Å². The summed E-state index contributed by atoms with van der Waals surface area (Å²) >= 11 is 0. The van der Waals surface area contributed by atoms with Crippen LogP contribution in [-0.4, -0.2) is 42.9 Å². The van der Waals surface area contributed by atoms with Crippen molar-refractivity contribution in [1.82, 2.24) is 10.2 Å². The normalized spacial score (nSPS) is 18.2. The zero-order valence-corrected chi connectivity index (χ0v) is 19.1. The molecular weight excluding hydrogens is 404 g/mol. The van der Waals surface area contributed by atoms with Crippen LogP contribution in [0.25, 0.3) is 0 Å². The highest BCUT2D eigenvalue weighted by atomic mass is 16.5. The highest BCUT2D eigenvalue weighted by Crippen LogP contribution is 2.26. The Bertz CT molecular complexity index is 897. The van der Waals surface area contributed by atoms with Crippen molar-refractivity contribution in [2.45, 2.75) is 64.8 Å². The standard InChI is InChI=1S/C26H34N2O4/c1-19(2)32-24-9-6-20(7-10-24)17-28-13-4-3-5-23(28)18-31-26(29)27-16-21-8-11-25-22(15-21)12-14-30-25/h6-11,15,19,23H,3-5,12-14,16-18H2,1-2H3,(H,27,29). The van der Waals surface area contributed by atoms with E-state index in [0.29, 0.717) is 13.2 Å². The second-order valence-electron chi connectivity index (χ2n) is 8.92. The molecule has 2 aliphatic heterocycles. The molecule has 0 aliphatic carbocycles. The van der Waals surface area contributed by atoms with Gasteiger partial charge in [-0.15, -0.1) is 0 Å². The lowest BCUT2D eigenvalue weighted by Crippen LogP contribution is -2.43. The number of alkyl carbamates (subject to hydrolysis) is 1. The van der Waals surface area contributed by atoms with Gasteiger partial charge >= 0.3 is 6.09 Å². The number of benzene rings is 2. The van der Waals surface area contributed by atoms with Crippen molar-refractivity contribution in [1.29, 1.82) is 0 Å². The molecule has 0 aromatic heterocycles. The molecule has 1 unspecified atom stereocenters. The van der Waals surface area contributed by atoms with Crippen molar-refractivity contribution in [2.24, 2.45) is 0 Å². The Morgan fingerprint density at radius 3 is 2.78 bits per heavy atom. The Hall–Kier alpha value is -2.73. The van der Waals surface area contributed by atoms with Crippen LogP contribution in [-0.2, 0) is 24.2 Å². The van der Waals surface area contributed by atoms with E-state index in [9.17, 15) is 4.79 Å². The molecule has 1 saturated heterocycles. The maximum absolute atomic E-state index is 12.3. The Morgan fingerprint density at radius 2 is 1.97 bits per heavy atom. The van der Waals surface area contributed by atoms with Gasteiger partial charge in [0, 0.05) is 25.6 Å². The van der Waals surface area contributed by atoms with Crippen molar-refractivity contribution >= 4 is 6.09 Å². The lowest BCUT2D eigenvalue weighted by atomic mass is 10.0. The molecule has 6 nitrogen and oxygen atoms in total. The van der Waals surface area contributed by atoms with Crippen molar-refractivity contribution in [2.75, 3.05) is 19.8 Å². The van der Waals surface area contributed by atoms with Crippen LogP contribution < -0.4 is 14.8 Å². The second-order valence-corrected chi connectivity index (χ2v) is 8.92. The number of fused-ring (bicyclic) bond motifs is 1. The van der Waals surface area contributed by atoms with Crippen LogP contribution in [0.5, 0.6) is 11.5 Å². The minimum absolute atomic E-state index is 0.173. The summed E-state index contributed by atoms with van der Waals surface area (Å²) in [4.78, 5) is 14.7. The van der Waals surface area contributed by atoms with Gasteiger partial charge in [0.15, 0.2) is 0 Å². The summed E-state index contributed by atoms with van der Waals surface area (Å²) in [5.74, 6) is 1.85. The third kappa shape index (κ3) is 6.16. The van der Waals surface area contributed by atoms with E-state index in [1.807, 2.05) is 38.1 Å². The summed E-state index contributed by atoms with van der Waals surface area (Å²) in [6.45, 7) is 7.56. The van der Waals surface area contributed by atoms with E-state index in [4.69, 9.17) is 14.2 Å². The number of nitrogens with zero attached hydrogens (tertiary/aromatic N) is 1. The first-order valence-corrected chi connectivity index (χ1v) is 11.7. The van der Waals surface area contributed by atoms with Crippen molar-refractivity contribution in [3.05, 3.63) is 59.2 Å². The van der Waals surface area contributed by atoms with Gasteiger partial charge in [-0.25, -0.2) is 4.79 Å². The van der Waals surface area contributed by atoms with Gasteiger partial charge < -0.3 is 19.5 Å². The molecule has 0 spiro atoms. The lowest BCUT2D eigenvalue weighted by molar-refractivity contribution is 0.0638. The summed E-state index contributed by atoms with van der Waals surface area (Å²) in [6.07, 6.45) is 4.14. The summed E-state index contributed by atoms with van der Waals surface area (Å²) < 4.78 is 16.9. The number of amides is 1. The molecule has 4 rings (SSSR count).